The number of nitrogens with one attached hydrogen (secondary N) is 1. The predicted octanol–water partition coefficient (Wildman–Crippen LogP) is 3.91. The Morgan fingerprint density at radius 1 is 0.963 bits per heavy atom. The second-order valence-electron chi connectivity index (χ2n) is 6.90. The van der Waals surface area contributed by atoms with Gasteiger partial charge in [-0.2, -0.15) is 0 Å². The first-order valence-electron chi connectivity index (χ1n) is 8.95. The number of aryl methyl sites for hydroxylation is 1. The van der Waals surface area contributed by atoms with Crippen molar-refractivity contribution in [2.75, 3.05) is 12.4 Å². The molecule has 0 aromatic heterocycles. The van der Waals surface area contributed by atoms with Gasteiger partial charge in [-0.05, 0) is 51.0 Å². The number of methoxy groups -OCH3 is 1. The van der Waals surface area contributed by atoms with Gasteiger partial charge in [0.05, 0.1) is 12.7 Å². The van der Waals surface area contributed by atoms with Crippen LogP contribution in [0.3, 0.4) is 0 Å². The topological polar surface area (TPSA) is 58.6 Å². The Balaban J connectivity index is 2.19. The summed E-state index contributed by atoms with van der Waals surface area (Å²) >= 11 is 0. The van der Waals surface area contributed by atoms with E-state index in [1.54, 1.807) is 19.2 Å². The van der Waals surface area contributed by atoms with Crippen molar-refractivity contribution in [1.82, 2.24) is 4.90 Å². The summed E-state index contributed by atoms with van der Waals surface area (Å²) in [5.41, 5.74) is 4.18. The summed E-state index contributed by atoms with van der Waals surface area (Å²) in [4.78, 5) is 27.5. The number of anilines is 1. The average Bonchev–Trinajstić information content (AvgIpc) is 2.88. The van der Waals surface area contributed by atoms with Crippen LogP contribution in [0.4, 0.5) is 5.69 Å². The van der Waals surface area contributed by atoms with Crippen molar-refractivity contribution in [1.29, 1.82) is 0 Å². The Morgan fingerprint density at radius 3 is 2.33 bits per heavy atom. The van der Waals surface area contributed by atoms with Gasteiger partial charge < -0.3 is 10.1 Å². The van der Waals surface area contributed by atoms with Gasteiger partial charge in [-0.1, -0.05) is 30.3 Å². The second-order valence-corrected chi connectivity index (χ2v) is 6.90. The maximum atomic E-state index is 13.1. The number of carbonyl (C=O) groups is 2. The van der Waals surface area contributed by atoms with E-state index in [0.717, 1.165) is 16.8 Å². The summed E-state index contributed by atoms with van der Waals surface area (Å²) < 4.78 is 5.43. The fraction of sp³-hybridized carbons (Fsp3) is 0.273. The number of para-hydroxylation sites is 1. The molecule has 1 N–H and O–H groups in total. The van der Waals surface area contributed by atoms with Gasteiger partial charge in [-0.15, -0.1) is 0 Å². The fourth-order valence-corrected chi connectivity index (χ4v) is 3.25. The quantitative estimate of drug-likeness (QED) is 0.817. The van der Waals surface area contributed by atoms with Gasteiger partial charge in [0, 0.05) is 17.3 Å². The van der Waals surface area contributed by atoms with Crippen LogP contribution in [0.2, 0.25) is 0 Å². The lowest BCUT2D eigenvalue weighted by Crippen LogP contribution is -2.38. The highest BCUT2D eigenvalue weighted by Crippen LogP contribution is 2.36. The molecule has 2 aromatic rings. The molecule has 0 aliphatic carbocycles. The Morgan fingerprint density at radius 2 is 1.67 bits per heavy atom. The summed E-state index contributed by atoms with van der Waals surface area (Å²) in [6.07, 6.45) is 0. The number of amides is 2. The molecule has 0 spiro atoms. The molecule has 0 unspecified atom stereocenters. The largest absolute Gasteiger partial charge is 0.496 e. The first-order valence-corrected chi connectivity index (χ1v) is 8.95. The Labute approximate surface area is 159 Å². The van der Waals surface area contributed by atoms with E-state index in [-0.39, 0.29) is 23.6 Å². The van der Waals surface area contributed by atoms with Crippen LogP contribution in [0.5, 0.6) is 5.75 Å². The van der Waals surface area contributed by atoms with Gasteiger partial charge in [-0.25, -0.2) is 0 Å². The number of hydrogen-bond acceptors (Lipinski definition) is 4. The standard InChI is InChI=1S/C22H24N2O3/c1-13(2)24-21(25)19(16-10-6-7-12-18(16)27-5)20(22(24)26)23-17-11-8-9-14(3)15(17)4/h6-13,23H,1-5H3. The van der Waals surface area contributed by atoms with E-state index in [1.165, 1.54) is 4.90 Å². The summed E-state index contributed by atoms with van der Waals surface area (Å²) in [6.45, 7) is 7.66. The summed E-state index contributed by atoms with van der Waals surface area (Å²) in [5, 5.41) is 3.23. The normalized spacial score (nSPS) is 14.4. The monoisotopic (exact) mass is 364 g/mol. The lowest BCUT2D eigenvalue weighted by molar-refractivity contribution is -0.138. The van der Waals surface area contributed by atoms with Crippen LogP contribution in [0.25, 0.3) is 5.57 Å². The molecule has 27 heavy (non-hydrogen) atoms. The van der Waals surface area contributed by atoms with Crippen LogP contribution in [0.1, 0.15) is 30.5 Å². The molecule has 2 aromatic carbocycles. The van der Waals surface area contributed by atoms with Crippen molar-refractivity contribution in [2.24, 2.45) is 0 Å². The van der Waals surface area contributed by atoms with Gasteiger partial charge in [-0.3, -0.25) is 14.5 Å². The number of ether oxygens (including phenoxy) is 1. The molecule has 2 amide bonds. The number of benzene rings is 2. The first-order chi connectivity index (χ1) is 12.9. The smallest absolute Gasteiger partial charge is 0.278 e. The zero-order chi connectivity index (χ0) is 19.7. The predicted molar refractivity (Wildman–Crippen MR) is 106 cm³/mol. The summed E-state index contributed by atoms with van der Waals surface area (Å²) in [6, 6.07) is 12.9. The number of hydrogen-bond donors (Lipinski definition) is 1. The highest BCUT2D eigenvalue weighted by Gasteiger charge is 2.41. The number of carbonyl (C=O) groups excluding carboxylic acids is 2. The highest BCUT2D eigenvalue weighted by atomic mass is 16.5. The maximum Gasteiger partial charge on any atom is 0.278 e. The Bertz CT molecular complexity index is 944. The Kier molecular flexibility index (Phi) is 5.04. The van der Waals surface area contributed by atoms with Crippen LogP contribution in [-0.2, 0) is 9.59 Å². The van der Waals surface area contributed by atoms with Crippen LogP contribution >= 0.6 is 0 Å². The van der Waals surface area contributed by atoms with Gasteiger partial charge in [0.15, 0.2) is 0 Å². The van der Waals surface area contributed by atoms with Crippen LogP contribution in [-0.4, -0.2) is 29.9 Å². The molecule has 5 heteroatoms. The third kappa shape index (κ3) is 3.21. The van der Waals surface area contributed by atoms with E-state index >= 15 is 0 Å². The second kappa shape index (κ2) is 7.27. The lowest BCUT2D eigenvalue weighted by atomic mass is 10.0. The van der Waals surface area contributed by atoms with Crippen molar-refractivity contribution in [3.8, 4) is 5.75 Å². The molecule has 0 radical (unpaired) electrons. The molecular weight excluding hydrogens is 340 g/mol. The minimum atomic E-state index is -0.322. The molecule has 0 saturated carbocycles. The average molecular weight is 364 g/mol. The minimum absolute atomic E-state index is 0.243. The number of imide groups is 1. The molecule has 1 aliphatic rings. The SMILES string of the molecule is COc1ccccc1C1=C(Nc2cccc(C)c2C)C(=O)N(C(C)C)C1=O. The van der Waals surface area contributed by atoms with Crippen LogP contribution < -0.4 is 10.1 Å². The van der Waals surface area contributed by atoms with Gasteiger partial charge in [0.1, 0.15) is 11.4 Å². The fourth-order valence-electron chi connectivity index (χ4n) is 3.25. The number of nitrogens with zero attached hydrogens (tertiary/aromatic N) is 1. The molecule has 0 atom stereocenters. The molecule has 0 saturated heterocycles. The lowest BCUT2D eigenvalue weighted by Gasteiger charge is -2.19. The van der Waals surface area contributed by atoms with Crippen LogP contribution in [0, 0.1) is 13.8 Å². The minimum Gasteiger partial charge on any atom is -0.496 e. The van der Waals surface area contributed by atoms with E-state index in [2.05, 4.69) is 5.32 Å². The zero-order valence-electron chi connectivity index (χ0n) is 16.3. The van der Waals surface area contributed by atoms with Crippen LogP contribution in [0.15, 0.2) is 48.2 Å². The molecule has 1 heterocycles. The third-order valence-electron chi connectivity index (χ3n) is 4.87. The molecule has 140 valence electrons. The third-order valence-corrected chi connectivity index (χ3v) is 4.87. The van der Waals surface area contributed by atoms with Crippen molar-refractivity contribution in [3.05, 3.63) is 64.9 Å². The van der Waals surface area contributed by atoms with E-state index in [9.17, 15) is 9.59 Å². The molecular formula is C22H24N2O3. The van der Waals surface area contributed by atoms with E-state index in [4.69, 9.17) is 4.74 Å². The number of rotatable bonds is 5. The Hall–Kier alpha value is -3.08. The van der Waals surface area contributed by atoms with E-state index in [1.807, 2.05) is 58.0 Å². The molecule has 5 nitrogen and oxygen atoms in total. The van der Waals surface area contributed by atoms with Gasteiger partial charge >= 0.3 is 0 Å². The van der Waals surface area contributed by atoms with E-state index < -0.39 is 0 Å². The van der Waals surface area contributed by atoms with Crippen molar-refractivity contribution in [3.63, 3.8) is 0 Å². The maximum absolute atomic E-state index is 13.1. The first kappa shape index (κ1) is 18.7. The van der Waals surface area contributed by atoms with Gasteiger partial charge in [0.25, 0.3) is 11.8 Å². The molecule has 3 rings (SSSR count). The van der Waals surface area contributed by atoms with Gasteiger partial charge in [0.2, 0.25) is 0 Å². The van der Waals surface area contributed by atoms with Crippen molar-refractivity contribution < 1.29 is 14.3 Å². The highest BCUT2D eigenvalue weighted by molar-refractivity contribution is 6.37. The van der Waals surface area contributed by atoms with E-state index in [0.29, 0.717) is 16.9 Å². The zero-order valence-corrected chi connectivity index (χ0v) is 16.3. The molecule has 0 fully saturated rings. The summed E-state index contributed by atoms with van der Waals surface area (Å²) in [5.74, 6) is -0.0800. The van der Waals surface area contributed by atoms with Crippen molar-refractivity contribution >= 4 is 23.1 Å². The summed E-state index contributed by atoms with van der Waals surface area (Å²) in [7, 11) is 1.55. The molecule has 1 aliphatic heterocycles. The molecule has 0 bridgehead atoms. The van der Waals surface area contributed by atoms with Crippen molar-refractivity contribution in [2.45, 2.75) is 33.7 Å².